The fourth-order valence-electron chi connectivity index (χ4n) is 2.57. The number of carbonyl (C=O) groups is 1. The Kier molecular flexibility index (Phi) is 5.52. The molecule has 0 aliphatic rings. The van der Waals surface area contributed by atoms with Crippen LogP contribution in [-0.4, -0.2) is 43.5 Å². The Hall–Kier alpha value is -2.69. The molecule has 0 saturated heterocycles. The van der Waals surface area contributed by atoms with Crippen molar-refractivity contribution in [3.8, 4) is 0 Å². The summed E-state index contributed by atoms with van der Waals surface area (Å²) in [6.07, 6.45) is 2.84. The van der Waals surface area contributed by atoms with E-state index in [2.05, 4.69) is 9.38 Å². The molecule has 10 heteroatoms. The van der Waals surface area contributed by atoms with Crippen molar-refractivity contribution in [2.75, 3.05) is 0 Å². The van der Waals surface area contributed by atoms with E-state index in [-0.39, 0.29) is 16.1 Å². The van der Waals surface area contributed by atoms with Crippen molar-refractivity contribution in [3.05, 3.63) is 60.6 Å². The minimum absolute atomic E-state index is 0.0164. The zero-order chi connectivity index (χ0) is 21.4. The summed E-state index contributed by atoms with van der Waals surface area (Å²) >= 11 is -1.91. The predicted octanol–water partition coefficient (Wildman–Crippen LogP) is 2.61. The van der Waals surface area contributed by atoms with Gasteiger partial charge in [-0.25, -0.2) is 17.2 Å². The maximum absolute atomic E-state index is 13.4. The molecule has 3 rings (SSSR count). The van der Waals surface area contributed by atoms with Crippen molar-refractivity contribution in [3.63, 3.8) is 0 Å². The van der Waals surface area contributed by atoms with Crippen molar-refractivity contribution in [1.82, 2.24) is 8.96 Å². The molecule has 2 aromatic heterocycles. The molecule has 0 bridgehead atoms. The van der Waals surface area contributed by atoms with E-state index in [1.165, 1.54) is 36.7 Å². The number of hydrogen-bond donors (Lipinski definition) is 1. The summed E-state index contributed by atoms with van der Waals surface area (Å²) in [4.78, 5) is 15.9. The first-order valence-electron chi connectivity index (χ1n) is 8.54. The molecular weight excluding hydrogens is 414 g/mol. The third-order valence-electron chi connectivity index (χ3n) is 3.98. The van der Waals surface area contributed by atoms with E-state index in [4.69, 9.17) is 0 Å². The van der Waals surface area contributed by atoms with Gasteiger partial charge in [0.15, 0.2) is 0 Å². The molecule has 1 N–H and O–H groups in total. The van der Waals surface area contributed by atoms with Crippen molar-refractivity contribution >= 4 is 44.0 Å². The van der Waals surface area contributed by atoms with Gasteiger partial charge >= 0.3 is 5.97 Å². The van der Waals surface area contributed by atoms with Gasteiger partial charge in [-0.1, -0.05) is 22.6 Å². The zero-order valence-corrected chi connectivity index (χ0v) is 17.6. The van der Waals surface area contributed by atoms with Crippen LogP contribution in [0.4, 0.5) is 0 Å². The van der Waals surface area contributed by atoms with E-state index >= 15 is 0 Å². The molecule has 1 atom stereocenters. The molecular formula is C19H19N3O5S2. The second-order valence-corrected chi connectivity index (χ2v) is 10.8. The predicted molar refractivity (Wildman–Crippen MR) is 111 cm³/mol. The van der Waals surface area contributed by atoms with Crippen LogP contribution in [0.1, 0.15) is 26.5 Å². The van der Waals surface area contributed by atoms with Gasteiger partial charge in [0.1, 0.15) is 16.1 Å². The average molecular weight is 434 g/mol. The first-order valence-corrected chi connectivity index (χ1v) is 11.1. The highest BCUT2D eigenvalue weighted by atomic mass is 32.2. The number of aliphatic carboxylic acids is 1. The molecule has 1 unspecified atom stereocenters. The Bertz CT molecular complexity index is 1200. The van der Waals surface area contributed by atoms with Crippen LogP contribution in [0.3, 0.4) is 0 Å². The molecule has 0 aliphatic carbocycles. The van der Waals surface area contributed by atoms with Crippen LogP contribution in [0, 0.1) is 0 Å². The molecule has 0 spiro atoms. The van der Waals surface area contributed by atoms with E-state index in [1.807, 2.05) is 0 Å². The Morgan fingerprint density at radius 2 is 1.86 bits per heavy atom. The molecule has 0 fully saturated rings. The smallest absolute Gasteiger partial charge is 0.361 e. The number of aromatic nitrogens is 2. The van der Waals surface area contributed by atoms with Crippen LogP contribution in [-0.2, 0) is 26.2 Å². The molecule has 8 nitrogen and oxygen atoms in total. The summed E-state index contributed by atoms with van der Waals surface area (Å²) < 4.78 is 43.2. The lowest BCUT2D eigenvalue weighted by molar-refractivity contribution is -0.129. The summed E-state index contributed by atoms with van der Waals surface area (Å²) in [5.74, 6) is -1.48. The number of pyridine rings is 1. The summed E-state index contributed by atoms with van der Waals surface area (Å²) in [5, 5.41) is 10.2. The zero-order valence-electron chi connectivity index (χ0n) is 15.9. The number of carboxylic acid groups (broad SMARTS) is 1. The molecule has 2 heterocycles. The first kappa shape index (κ1) is 21.0. The van der Waals surface area contributed by atoms with Crippen LogP contribution < -0.4 is 0 Å². The van der Waals surface area contributed by atoms with Crippen LogP contribution in [0.25, 0.3) is 10.9 Å². The summed E-state index contributed by atoms with van der Waals surface area (Å²) in [7, 11) is -4.16. The lowest BCUT2D eigenvalue weighted by Crippen LogP contribution is -2.30. The normalized spacial score (nSPS) is 14.1. The Morgan fingerprint density at radius 3 is 2.45 bits per heavy atom. The quantitative estimate of drug-likeness (QED) is 0.487. The highest BCUT2D eigenvalue weighted by molar-refractivity contribution is 7.91. The third-order valence-corrected chi connectivity index (χ3v) is 7.12. The van der Waals surface area contributed by atoms with E-state index in [0.29, 0.717) is 5.39 Å². The van der Waals surface area contributed by atoms with Gasteiger partial charge in [0, 0.05) is 17.8 Å². The topological polar surface area (TPSA) is 125 Å². The minimum Gasteiger partial charge on any atom is -0.591 e. The highest BCUT2D eigenvalue weighted by Crippen LogP contribution is 2.27. The van der Waals surface area contributed by atoms with E-state index in [0.717, 1.165) is 3.97 Å². The second-order valence-electron chi connectivity index (χ2n) is 7.15. The molecule has 152 valence electrons. The molecule has 3 aromatic rings. The number of rotatable bonds is 5. The van der Waals surface area contributed by atoms with Gasteiger partial charge in [-0.15, -0.1) is 0 Å². The number of fused-ring (bicyclic) bond motifs is 1. The van der Waals surface area contributed by atoms with Gasteiger partial charge in [-0.2, -0.15) is 0 Å². The Balaban J connectivity index is 2.36. The molecule has 0 radical (unpaired) electrons. The summed E-state index contributed by atoms with van der Waals surface area (Å²) in [5.41, 5.74) is -0.551. The van der Waals surface area contributed by atoms with Gasteiger partial charge in [0.2, 0.25) is 5.71 Å². The second kappa shape index (κ2) is 7.62. The third kappa shape index (κ3) is 4.04. The Morgan fingerprint density at radius 1 is 1.21 bits per heavy atom. The highest BCUT2D eigenvalue weighted by Gasteiger charge is 2.33. The van der Waals surface area contributed by atoms with Crippen LogP contribution in [0.2, 0.25) is 0 Å². The molecule has 0 amide bonds. The maximum atomic E-state index is 13.4. The van der Waals surface area contributed by atoms with E-state index in [9.17, 15) is 22.9 Å². The van der Waals surface area contributed by atoms with Gasteiger partial charge in [0.05, 0.1) is 16.1 Å². The fourth-order valence-corrected chi connectivity index (χ4v) is 4.71. The average Bonchev–Trinajstić information content (AvgIpc) is 3.05. The Labute approximate surface area is 171 Å². The first-order chi connectivity index (χ1) is 13.5. The van der Waals surface area contributed by atoms with Crippen LogP contribution in [0.5, 0.6) is 0 Å². The number of nitrogens with zero attached hydrogens (tertiary/aromatic N) is 3. The van der Waals surface area contributed by atoms with Gasteiger partial charge < -0.3 is 9.66 Å². The summed E-state index contributed by atoms with van der Waals surface area (Å²) in [6.45, 7) is 4.94. The van der Waals surface area contributed by atoms with Crippen molar-refractivity contribution < 1.29 is 22.9 Å². The molecule has 0 saturated carbocycles. The lowest BCUT2D eigenvalue weighted by atomic mass is 10.2. The fraction of sp³-hybridized carbons (Fsp3) is 0.211. The lowest BCUT2D eigenvalue weighted by Gasteiger charge is -2.19. The van der Waals surface area contributed by atoms with E-state index in [1.54, 1.807) is 39.0 Å². The monoisotopic (exact) mass is 433 g/mol. The van der Waals surface area contributed by atoms with Crippen molar-refractivity contribution in [1.29, 1.82) is 0 Å². The maximum Gasteiger partial charge on any atom is 0.361 e. The minimum atomic E-state index is -4.16. The van der Waals surface area contributed by atoms with Gasteiger partial charge in [-0.3, -0.25) is 4.98 Å². The van der Waals surface area contributed by atoms with Crippen LogP contribution in [0.15, 0.2) is 64.2 Å². The SMILES string of the molecule is CC(C)(C)[S+]([O-])N=C(C(=O)O)c1cc2cnccc2n1S(=O)(=O)c1ccccc1. The van der Waals surface area contributed by atoms with E-state index < -0.39 is 37.8 Å². The largest absolute Gasteiger partial charge is 0.591 e. The van der Waals surface area contributed by atoms with Crippen molar-refractivity contribution in [2.45, 2.75) is 30.4 Å². The van der Waals surface area contributed by atoms with Crippen LogP contribution >= 0.6 is 0 Å². The molecule has 0 aliphatic heterocycles. The standard InChI is InChI=1S/C19H19N3O5S2/c1-19(2,3)28(25)21-17(18(23)24)16-11-13-12-20-10-9-15(13)22(16)29(26,27)14-7-5-4-6-8-14/h4-12H,1-3H3,(H,23,24). The van der Waals surface area contributed by atoms with Gasteiger partial charge in [-0.05, 0) is 45.0 Å². The molecule has 1 aromatic carbocycles. The molecule has 29 heavy (non-hydrogen) atoms. The van der Waals surface area contributed by atoms with Crippen molar-refractivity contribution in [2.24, 2.45) is 4.40 Å². The number of benzene rings is 1. The summed E-state index contributed by atoms with van der Waals surface area (Å²) in [6, 6.07) is 10.5. The number of carboxylic acids is 1. The van der Waals surface area contributed by atoms with Gasteiger partial charge in [0.25, 0.3) is 10.0 Å². The number of hydrogen-bond acceptors (Lipinski definition) is 6.